The monoisotopic (exact) mass is 293 g/mol. The minimum atomic E-state index is -0.756. The van der Waals surface area contributed by atoms with Crippen LogP contribution in [0, 0.1) is 0 Å². The average molecular weight is 294 g/mol. The molecule has 0 unspecified atom stereocenters. The van der Waals surface area contributed by atoms with Gasteiger partial charge in [-0.1, -0.05) is 13.3 Å². The number of esters is 2. The summed E-state index contributed by atoms with van der Waals surface area (Å²) >= 11 is 0. The molecule has 4 nitrogen and oxygen atoms in total. The van der Waals surface area contributed by atoms with E-state index in [0.717, 1.165) is 6.42 Å². The Morgan fingerprint density at radius 2 is 1.71 bits per heavy atom. The number of hydrogen-bond acceptors (Lipinski definition) is 4. The molecule has 0 saturated carbocycles. The molecule has 0 amide bonds. The topological polar surface area (TPSA) is 60.4 Å². The molecule has 1 radical (unpaired) electrons. The fraction of sp³-hybridized carbons (Fsp3) is 0.667. The summed E-state index contributed by atoms with van der Waals surface area (Å²) < 4.78 is 4.36. The first-order valence-corrected chi connectivity index (χ1v) is 4.29. The second kappa shape index (κ2) is 9.12. The molecular weight excluding hydrogens is 280 g/mol. The molecule has 0 aromatic rings. The van der Waals surface area contributed by atoms with Crippen LogP contribution in [0.3, 0.4) is 0 Å². The molecule has 0 aliphatic heterocycles. The third-order valence-electron chi connectivity index (χ3n) is 1.36. The third-order valence-corrected chi connectivity index (χ3v) is 1.36. The molecule has 0 aliphatic carbocycles. The first-order chi connectivity index (χ1) is 6.06. The molecule has 0 spiro atoms. The summed E-state index contributed by atoms with van der Waals surface area (Å²) in [5.41, 5.74) is 0. The molecule has 0 heterocycles. The van der Waals surface area contributed by atoms with E-state index in [1.54, 1.807) is 0 Å². The Labute approximate surface area is 98.9 Å². The number of carbonyl (C=O) groups is 3. The summed E-state index contributed by atoms with van der Waals surface area (Å²) in [5.74, 6) is -1.60. The maximum atomic E-state index is 10.8. The van der Waals surface area contributed by atoms with Crippen LogP contribution >= 0.6 is 0 Å². The fourth-order valence-corrected chi connectivity index (χ4v) is 0.738. The molecule has 14 heavy (non-hydrogen) atoms. The van der Waals surface area contributed by atoms with Gasteiger partial charge in [-0.15, -0.1) is 0 Å². The second-order valence-corrected chi connectivity index (χ2v) is 2.83. The van der Waals surface area contributed by atoms with Crippen LogP contribution < -0.4 is 0 Å². The zero-order valence-electron chi connectivity index (χ0n) is 8.26. The van der Waals surface area contributed by atoms with Crippen LogP contribution in [0.5, 0.6) is 0 Å². The smallest absolute Gasteiger partial charge is 0.320 e. The molecule has 0 fully saturated rings. The zero-order chi connectivity index (χ0) is 10.3. The van der Waals surface area contributed by atoms with Gasteiger partial charge in [0.15, 0.2) is 0 Å². The maximum absolute atomic E-state index is 10.8. The van der Waals surface area contributed by atoms with Crippen molar-refractivity contribution in [3.63, 3.8) is 0 Å². The van der Waals surface area contributed by atoms with Gasteiger partial charge >= 0.3 is 11.9 Å². The molecule has 0 saturated heterocycles. The predicted molar refractivity (Wildman–Crippen MR) is 45.9 cm³/mol. The van der Waals surface area contributed by atoms with Gasteiger partial charge in [0, 0.05) is 28.8 Å². The van der Waals surface area contributed by atoms with Crippen molar-refractivity contribution in [1.29, 1.82) is 0 Å². The van der Waals surface area contributed by atoms with Gasteiger partial charge in [-0.3, -0.25) is 14.4 Å². The standard InChI is InChI=1S/C9H14O4.Ag/c1-3-4-5-8(11)13-9(12)6-7(2)10;/h3-6H2,1-2H3;. The van der Waals surface area contributed by atoms with Gasteiger partial charge in [-0.25, -0.2) is 0 Å². The van der Waals surface area contributed by atoms with E-state index in [1.165, 1.54) is 6.92 Å². The SMILES string of the molecule is CCCCC(=O)OC(=O)CC(C)=O.[Ag]. The van der Waals surface area contributed by atoms with Gasteiger partial charge in [0.1, 0.15) is 12.2 Å². The van der Waals surface area contributed by atoms with E-state index in [4.69, 9.17) is 0 Å². The Bertz CT molecular complexity index is 213. The summed E-state index contributed by atoms with van der Waals surface area (Å²) in [6, 6.07) is 0. The summed E-state index contributed by atoms with van der Waals surface area (Å²) in [6.45, 7) is 3.21. The summed E-state index contributed by atoms with van der Waals surface area (Å²) in [6.07, 6.45) is 1.49. The molecule has 85 valence electrons. The number of unbranched alkanes of at least 4 members (excludes halogenated alkanes) is 1. The second-order valence-electron chi connectivity index (χ2n) is 2.83. The van der Waals surface area contributed by atoms with Crippen LogP contribution in [-0.2, 0) is 41.5 Å². The zero-order valence-corrected chi connectivity index (χ0v) is 9.75. The van der Waals surface area contributed by atoms with E-state index in [0.29, 0.717) is 6.42 Å². The van der Waals surface area contributed by atoms with Gasteiger partial charge in [0.2, 0.25) is 0 Å². The van der Waals surface area contributed by atoms with E-state index in [1.807, 2.05) is 6.92 Å². The van der Waals surface area contributed by atoms with Gasteiger partial charge in [-0.05, 0) is 13.3 Å². The van der Waals surface area contributed by atoms with Crippen molar-refractivity contribution in [2.45, 2.75) is 39.5 Å². The number of rotatable bonds is 5. The van der Waals surface area contributed by atoms with E-state index in [2.05, 4.69) is 4.74 Å². The fourth-order valence-electron chi connectivity index (χ4n) is 0.738. The normalized spacial score (nSPS) is 8.71. The Kier molecular flexibility index (Phi) is 10.4. The van der Waals surface area contributed by atoms with E-state index in [-0.39, 0.29) is 41.0 Å². The van der Waals surface area contributed by atoms with E-state index >= 15 is 0 Å². The molecule has 0 aliphatic rings. The molecule has 0 aromatic carbocycles. The minimum Gasteiger partial charge on any atom is -0.393 e. The van der Waals surface area contributed by atoms with Crippen molar-refractivity contribution in [1.82, 2.24) is 0 Å². The van der Waals surface area contributed by atoms with Crippen LogP contribution in [0.4, 0.5) is 0 Å². The van der Waals surface area contributed by atoms with Crippen LogP contribution in [0.15, 0.2) is 0 Å². The molecule has 5 heteroatoms. The van der Waals surface area contributed by atoms with Crippen LogP contribution in [0.2, 0.25) is 0 Å². The van der Waals surface area contributed by atoms with Gasteiger partial charge in [-0.2, -0.15) is 0 Å². The molecule has 0 rings (SSSR count). The summed E-state index contributed by atoms with van der Waals surface area (Å²) in [7, 11) is 0. The van der Waals surface area contributed by atoms with Crippen molar-refractivity contribution < 1.29 is 41.5 Å². The van der Waals surface area contributed by atoms with Crippen molar-refractivity contribution in [2.75, 3.05) is 0 Å². The van der Waals surface area contributed by atoms with E-state index < -0.39 is 11.9 Å². The summed E-state index contributed by atoms with van der Waals surface area (Å²) in [5, 5.41) is 0. The third kappa shape index (κ3) is 9.64. The average Bonchev–Trinajstić information content (AvgIpc) is 1.98. The Balaban J connectivity index is 0. The van der Waals surface area contributed by atoms with Crippen molar-refractivity contribution in [3.05, 3.63) is 0 Å². The molecule has 0 atom stereocenters. The van der Waals surface area contributed by atoms with Gasteiger partial charge in [0.05, 0.1) is 0 Å². The molecule has 0 aromatic heterocycles. The van der Waals surface area contributed by atoms with E-state index in [9.17, 15) is 14.4 Å². The Morgan fingerprint density at radius 3 is 2.14 bits per heavy atom. The minimum absolute atomic E-state index is 0. The number of Topliss-reactive ketones (excluding diaryl/α,β-unsaturated/α-hetero) is 1. The van der Waals surface area contributed by atoms with Gasteiger partial charge in [0.25, 0.3) is 0 Å². The van der Waals surface area contributed by atoms with Crippen LogP contribution in [0.25, 0.3) is 0 Å². The maximum Gasteiger partial charge on any atom is 0.320 e. The number of ether oxygens (including phenoxy) is 1. The quantitative estimate of drug-likeness (QED) is 0.434. The number of hydrogen-bond donors (Lipinski definition) is 0. The number of ketones is 1. The summed E-state index contributed by atoms with van der Waals surface area (Å²) in [4.78, 5) is 32.0. The molecule has 0 N–H and O–H groups in total. The van der Waals surface area contributed by atoms with Gasteiger partial charge < -0.3 is 4.74 Å². The van der Waals surface area contributed by atoms with Crippen molar-refractivity contribution in [3.8, 4) is 0 Å². The van der Waals surface area contributed by atoms with Crippen molar-refractivity contribution >= 4 is 17.7 Å². The first kappa shape index (κ1) is 16.0. The molecule has 0 bridgehead atoms. The molecular formula is C9H14AgO4. The predicted octanol–water partition coefficient (Wildman–Crippen LogP) is 1.22. The van der Waals surface area contributed by atoms with Crippen LogP contribution in [-0.4, -0.2) is 17.7 Å². The van der Waals surface area contributed by atoms with Crippen LogP contribution in [0.1, 0.15) is 39.5 Å². The Morgan fingerprint density at radius 1 is 1.14 bits per heavy atom. The first-order valence-electron chi connectivity index (χ1n) is 4.29. The van der Waals surface area contributed by atoms with Crippen molar-refractivity contribution in [2.24, 2.45) is 0 Å². The Hall–Kier alpha value is -0.450. The largest absolute Gasteiger partial charge is 0.393 e. The number of carbonyl (C=O) groups excluding carboxylic acids is 3.